The zero-order valence-corrected chi connectivity index (χ0v) is 23.5. The van der Waals surface area contributed by atoms with E-state index in [-0.39, 0.29) is 5.75 Å². The van der Waals surface area contributed by atoms with Gasteiger partial charge in [0.25, 0.3) is 0 Å². The predicted molar refractivity (Wildman–Crippen MR) is 156 cm³/mol. The van der Waals surface area contributed by atoms with Crippen LogP contribution in [-0.4, -0.2) is 33.5 Å². The largest absolute Gasteiger partial charge is 0.573 e. The van der Waals surface area contributed by atoms with Crippen molar-refractivity contribution in [3.63, 3.8) is 0 Å². The van der Waals surface area contributed by atoms with E-state index in [1.165, 1.54) is 12.1 Å². The highest BCUT2D eigenvalue weighted by Gasteiger charge is 2.31. The van der Waals surface area contributed by atoms with E-state index in [2.05, 4.69) is 46.6 Å². The van der Waals surface area contributed by atoms with E-state index in [0.29, 0.717) is 18.7 Å². The van der Waals surface area contributed by atoms with Crippen LogP contribution in [0.1, 0.15) is 11.1 Å². The maximum atomic E-state index is 12.5. The van der Waals surface area contributed by atoms with E-state index in [4.69, 9.17) is 12.2 Å². The fourth-order valence-electron chi connectivity index (χ4n) is 4.13. The van der Waals surface area contributed by atoms with Crippen molar-refractivity contribution in [2.24, 2.45) is 4.99 Å². The van der Waals surface area contributed by atoms with Crippen molar-refractivity contribution in [2.45, 2.75) is 12.8 Å². The first-order valence-electron chi connectivity index (χ1n) is 11.4. The van der Waals surface area contributed by atoms with Gasteiger partial charge in [-0.3, -0.25) is 9.56 Å². The highest BCUT2D eigenvalue weighted by molar-refractivity contribution is 9.11. The molecule has 0 unspecified atom stereocenters. The van der Waals surface area contributed by atoms with Crippen LogP contribution in [0.4, 0.5) is 13.2 Å². The molecule has 0 atom stereocenters. The van der Waals surface area contributed by atoms with E-state index in [0.717, 1.165) is 46.7 Å². The maximum Gasteiger partial charge on any atom is 0.573 e. The van der Waals surface area contributed by atoms with Crippen LogP contribution in [0.5, 0.6) is 5.75 Å². The van der Waals surface area contributed by atoms with Crippen LogP contribution in [0.15, 0.2) is 93.1 Å². The summed E-state index contributed by atoms with van der Waals surface area (Å²) in [6, 6.07) is 21.6. The van der Waals surface area contributed by atoms with E-state index >= 15 is 0 Å². The van der Waals surface area contributed by atoms with Crippen molar-refractivity contribution in [3.05, 3.63) is 99.2 Å². The Bertz CT molecular complexity index is 1660. The SMILES string of the molecule is FC(F)(F)Oc1ccc(-n2cnc3c4ccc(C=NCC(=S)Cc5c(Br)cccc5Br)cc4ccc32)cc1. The van der Waals surface area contributed by atoms with Crippen molar-refractivity contribution < 1.29 is 17.9 Å². The molecule has 0 radical (unpaired) electrons. The zero-order valence-electron chi connectivity index (χ0n) is 19.5. The molecule has 0 saturated heterocycles. The van der Waals surface area contributed by atoms with Crippen LogP contribution < -0.4 is 4.74 Å². The third-order valence-electron chi connectivity index (χ3n) is 5.85. The molecule has 5 rings (SSSR count). The summed E-state index contributed by atoms with van der Waals surface area (Å²) in [5, 5.41) is 1.96. The molecule has 38 heavy (non-hydrogen) atoms. The number of hydrogen-bond acceptors (Lipinski definition) is 4. The molecule has 0 aliphatic heterocycles. The summed E-state index contributed by atoms with van der Waals surface area (Å²) in [7, 11) is 0. The minimum absolute atomic E-state index is 0.271. The van der Waals surface area contributed by atoms with Crippen LogP contribution in [0.25, 0.3) is 27.5 Å². The number of nitrogens with zero attached hydrogens (tertiary/aromatic N) is 3. The van der Waals surface area contributed by atoms with Crippen molar-refractivity contribution in [1.82, 2.24) is 9.55 Å². The number of aliphatic imine (C=N–C) groups is 1. The summed E-state index contributed by atoms with van der Waals surface area (Å²) in [6.45, 7) is 0.442. The second-order valence-corrected chi connectivity index (χ2v) is 10.7. The number of hydrogen-bond donors (Lipinski definition) is 0. The number of alkyl halides is 3. The molecule has 5 aromatic rings. The highest BCUT2D eigenvalue weighted by atomic mass is 79.9. The average molecular weight is 661 g/mol. The Hall–Kier alpha value is -3.08. The van der Waals surface area contributed by atoms with Crippen LogP contribution in [-0.2, 0) is 6.42 Å². The first-order chi connectivity index (χ1) is 18.2. The topological polar surface area (TPSA) is 39.4 Å². The Morgan fingerprint density at radius 1 is 1.00 bits per heavy atom. The highest BCUT2D eigenvalue weighted by Crippen LogP contribution is 2.29. The summed E-state index contributed by atoms with van der Waals surface area (Å²) in [5.41, 5.74) is 4.36. The molecule has 4 aromatic carbocycles. The van der Waals surface area contributed by atoms with Gasteiger partial charge in [0.05, 0.1) is 17.6 Å². The van der Waals surface area contributed by atoms with Gasteiger partial charge in [-0.05, 0) is 65.0 Å². The second kappa shape index (κ2) is 11.0. The first kappa shape index (κ1) is 26.5. The molecule has 0 bridgehead atoms. The Morgan fingerprint density at radius 2 is 1.74 bits per heavy atom. The number of aromatic nitrogens is 2. The Kier molecular flexibility index (Phi) is 7.65. The van der Waals surface area contributed by atoms with Gasteiger partial charge in [-0.15, -0.1) is 13.2 Å². The van der Waals surface area contributed by atoms with Crippen LogP contribution in [0.2, 0.25) is 0 Å². The molecular formula is C28H18Br2F3N3OS. The Balaban J connectivity index is 1.32. The smallest absolute Gasteiger partial charge is 0.406 e. The van der Waals surface area contributed by atoms with Crippen molar-refractivity contribution in [1.29, 1.82) is 0 Å². The monoisotopic (exact) mass is 659 g/mol. The summed E-state index contributed by atoms with van der Waals surface area (Å²) in [4.78, 5) is 9.94. The standard InChI is InChI=1S/C28H18Br2F3N3OS/c29-24-2-1-3-25(30)23(24)13-21(38)15-34-14-17-4-10-22-18(12-17)5-11-26-27(22)35-16-36(26)19-6-8-20(9-7-19)37-28(31,32)33/h1-12,14,16H,13,15H2. The average Bonchev–Trinajstić information content (AvgIpc) is 3.30. The zero-order chi connectivity index (χ0) is 26.9. The van der Waals surface area contributed by atoms with E-state index in [9.17, 15) is 13.2 Å². The Morgan fingerprint density at radius 3 is 2.45 bits per heavy atom. The number of benzene rings is 4. The molecule has 4 nitrogen and oxygen atoms in total. The van der Waals surface area contributed by atoms with Crippen LogP contribution in [0, 0.1) is 0 Å². The molecule has 0 aliphatic rings. The predicted octanol–water partition coefficient (Wildman–Crippen LogP) is 8.63. The number of imidazole rings is 1. The quantitative estimate of drug-likeness (QED) is 0.130. The summed E-state index contributed by atoms with van der Waals surface area (Å²) < 4.78 is 45.2. The van der Waals surface area contributed by atoms with E-state index in [1.807, 2.05) is 59.3 Å². The van der Waals surface area contributed by atoms with Gasteiger partial charge in [-0.2, -0.15) is 0 Å². The van der Waals surface area contributed by atoms with Crippen LogP contribution in [0.3, 0.4) is 0 Å². The summed E-state index contributed by atoms with van der Waals surface area (Å²) in [6.07, 6.45) is -0.614. The lowest BCUT2D eigenvalue weighted by Crippen LogP contribution is -2.17. The molecule has 1 aromatic heterocycles. The molecule has 1 heterocycles. The molecule has 0 amide bonds. The van der Waals surface area contributed by atoms with Gasteiger partial charge in [0, 0.05) is 37.5 Å². The van der Waals surface area contributed by atoms with Gasteiger partial charge in [0.1, 0.15) is 12.1 Å². The van der Waals surface area contributed by atoms with Crippen LogP contribution >= 0.6 is 44.1 Å². The molecule has 10 heteroatoms. The number of fused-ring (bicyclic) bond motifs is 3. The van der Waals surface area contributed by atoms with Crippen molar-refractivity contribution in [3.8, 4) is 11.4 Å². The number of ether oxygens (including phenoxy) is 1. The maximum absolute atomic E-state index is 12.5. The minimum Gasteiger partial charge on any atom is -0.406 e. The number of halogens is 5. The van der Waals surface area contributed by atoms with Gasteiger partial charge in [-0.1, -0.05) is 68.3 Å². The van der Waals surface area contributed by atoms with Gasteiger partial charge in [-0.25, -0.2) is 4.98 Å². The van der Waals surface area contributed by atoms with Crippen molar-refractivity contribution >= 4 is 77.0 Å². The molecular weight excluding hydrogens is 643 g/mol. The molecule has 0 saturated carbocycles. The fraction of sp³-hybridized carbons (Fsp3) is 0.107. The molecule has 0 N–H and O–H groups in total. The second-order valence-electron chi connectivity index (χ2n) is 8.46. The lowest BCUT2D eigenvalue weighted by atomic mass is 10.1. The number of thiocarbonyl (C=S) groups is 1. The van der Waals surface area contributed by atoms with Gasteiger partial charge < -0.3 is 4.74 Å². The Labute approximate surface area is 238 Å². The van der Waals surface area contributed by atoms with Gasteiger partial charge >= 0.3 is 6.36 Å². The molecule has 192 valence electrons. The molecule has 0 spiro atoms. The first-order valence-corrected chi connectivity index (χ1v) is 13.4. The summed E-state index contributed by atoms with van der Waals surface area (Å²) >= 11 is 12.7. The van der Waals surface area contributed by atoms with Gasteiger partial charge in [0.15, 0.2) is 0 Å². The number of rotatable bonds is 7. The van der Waals surface area contributed by atoms with Crippen molar-refractivity contribution in [2.75, 3.05) is 6.54 Å². The summed E-state index contributed by atoms with van der Waals surface area (Å²) in [5.74, 6) is -0.271. The molecule has 0 fully saturated rings. The lowest BCUT2D eigenvalue weighted by Gasteiger charge is -2.10. The normalized spacial score (nSPS) is 12.0. The minimum atomic E-state index is -4.73. The fourth-order valence-corrected chi connectivity index (χ4v) is 5.63. The third-order valence-corrected chi connectivity index (χ3v) is 7.61. The lowest BCUT2D eigenvalue weighted by molar-refractivity contribution is -0.274. The van der Waals surface area contributed by atoms with E-state index < -0.39 is 6.36 Å². The van der Waals surface area contributed by atoms with Gasteiger partial charge in [0.2, 0.25) is 0 Å². The molecule has 0 aliphatic carbocycles. The van der Waals surface area contributed by atoms with E-state index in [1.54, 1.807) is 18.5 Å². The third kappa shape index (κ3) is 5.98.